The van der Waals surface area contributed by atoms with E-state index in [-0.39, 0.29) is 0 Å². The van der Waals surface area contributed by atoms with E-state index in [1.807, 2.05) is 59.3 Å². The molecular weight excluding hydrogens is 473 g/mol. The molecule has 0 bridgehead atoms. The lowest BCUT2D eigenvalue weighted by atomic mass is 9.77. The van der Waals surface area contributed by atoms with Crippen molar-refractivity contribution in [2.45, 2.75) is 44.8 Å². The monoisotopic (exact) mass is 507 g/mol. The molecule has 3 N–H and O–H groups in total. The second kappa shape index (κ2) is 13.3. The van der Waals surface area contributed by atoms with Gasteiger partial charge in [0.05, 0.1) is 0 Å². The van der Waals surface area contributed by atoms with Gasteiger partial charge in [-0.25, -0.2) is 9.67 Å². The van der Waals surface area contributed by atoms with Gasteiger partial charge >= 0.3 is 8.25 Å². The van der Waals surface area contributed by atoms with Crippen LogP contribution in [0.3, 0.4) is 0 Å². The SMILES string of the molecule is CCC(CC)CC(O)c1ncnn1C(c1ccccc1)(c1ccccc1)c1ccccc1.O=[PH](O)O. The molecule has 7 nitrogen and oxygen atoms in total. The summed E-state index contributed by atoms with van der Waals surface area (Å²) in [6.45, 7) is 4.35. The molecule has 0 aliphatic rings. The third-order valence-electron chi connectivity index (χ3n) is 6.48. The molecule has 0 radical (unpaired) electrons. The van der Waals surface area contributed by atoms with Crippen LogP contribution in [0.1, 0.15) is 61.7 Å². The Hall–Kier alpha value is -3.09. The predicted molar refractivity (Wildman–Crippen MR) is 142 cm³/mol. The van der Waals surface area contributed by atoms with Crippen LogP contribution in [0.5, 0.6) is 0 Å². The minimum Gasteiger partial charge on any atom is -0.385 e. The average molecular weight is 508 g/mol. The molecule has 4 rings (SSSR count). The zero-order chi connectivity index (χ0) is 26.0. The summed E-state index contributed by atoms with van der Waals surface area (Å²) in [6.07, 6.45) is 3.60. The molecule has 0 saturated heterocycles. The molecule has 4 aromatic rings. The van der Waals surface area contributed by atoms with Crippen molar-refractivity contribution in [3.63, 3.8) is 0 Å². The fraction of sp³-hybridized carbons (Fsp3) is 0.286. The van der Waals surface area contributed by atoms with E-state index in [0.717, 1.165) is 29.5 Å². The molecule has 1 unspecified atom stereocenters. The van der Waals surface area contributed by atoms with Crippen LogP contribution >= 0.6 is 8.25 Å². The van der Waals surface area contributed by atoms with Crippen LogP contribution in [0.4, 0.5) is 0 Å². The Bertz CT molecular complexity index is 1100. The molecular formula is C28H34N3O4P. The van der Waals surface area contributed by atoms with Crippen molar-refractivity contribution < 1.29 is 19.5 Å². The van der Waals surface area contributed by atoms with Gasteiger partial charge in [0, 0.05) is 0 Å². The van der Waals surface area contributed by atoms with Crippen LogP contribution in [0.25, 0.3) is 0 Å². The first-order valence-electron chi connectivity index (χ1n) is 12.1. The first kappa shape index (κ1) is 27.5. The fourth-order valence-corrected chi connectivity index (χ4v) is 4.68. The third kappa shape index (κ3) is 6.18. The van der Waals surface area contributed by atoms with Crippen molar-refractivity contribution in [1.29, 1.82) is 0 Å². The number of aliphatic hydroxyl groups excluding tert-OH is 1. The molecule has 0 aliphatic heterocycles. The van der Waals surface area contributed by atoms with Crippen molar-refractivity contribution in [1.82, 2.24) is 14.8 Å². The van der Waals surface area contributed by atoms with Gasteiger partial charge in [-0.05, 0) is 29.0 Å². The number of rotatable bonds is 9. The maximum atomic E-state index is 11.3. The second-order valence-corrected chi connectivity index (χ2v) is 9.12. The number of hydrogen-bond donors (Lipinski definition) is 3. The topological polar surface area (TPSA) is 108 Å². The predicted octanol–water partition coefficient (Wildman–Crippen LogP) is 5.34. The van der Waals surface area contributed by atoms with E-state index in [2.05, 4.69) is 55.2 Å². The summed E-state index contributed by atoms with van der Waals surface area (Å²) in [5, 5.41) is 16.0. The van der Waals surface area contributed by atoms with Crippen molar-refractivity contribution in [3.8, 4) is 0 Å². The number of benzene rings is 3. The van der Waals surface area contributed by atoms with Crippen molar-refractivity contribution in [3.05, 3.63) is 120 Å². The Morgan fingerprint density at radius 3 is 1.56 bits per heavy atom. The lowest BCUT2D eigenvalue weighted by Crippen LogP contribution is -2.40. The van der Waals surface area contributed by atoms with Gasteiger partial charge in [-0.1, -0.05) is 118 Å². The molecule has 1 aromatic heterocycles. The van der Waals surface area contributed by atoms with Crippen LogP contribution < -0.4 is 0 Å². The second-order valence-electron chi connectivity index (χ2n) is 8.56. The molecule has 0 spiro atoms. The smallest absolute Gasteiger partial charge is 0.314 e. The number of nitrogens with zero attached hydrogens (tertiary/aromatic N) is 3. The maximum absolute atomic E-state index is 11.3. The molecule has 8 heteroatoms. The first-order valence-corrected chi connectivity index (χ1v) is 13.4. The van der Waals surface area contributed by atoms with Gasteiger partial charge in [0.15, 0.2) is 5.82 Å². The van der Waals surface area contributed by atoms with E-state index in [4.69, 9.17) is 19.5 Å². The Balaban J connectivity index is 0.000000840. The van der Waals surface area contributed by atoms with E-state index < -0.39 is 19.9 Å². The molecule has 190 valence electrons. The highest BCUT2D eigenvalue weighted by atomic mass is 31.1. The Morgan fingerprint density at radius 1 is 0.806 bits per heavy atom. The quantitative estimate of drug-likeness (QED) is 0.209. The molecule has 1 atom stereocenters. The van der Waals surface area contributed by atoms with E-state index >= 15 is 0 Å². The zero-order valence-electron chi connectivity index (χ0n) is 20.6. The van der Waals surface area contributed by atoms with Crippen LogP contribution in [-0.2, 0) is 10.1 Å². The van der Waals surface area contributed by atoms with Crippen LogP contribution in [0.15, 0.2) is 97.3 Å². The van der Waals surface area contributed by atoms with E-state index in [0.29, 0.717) is 18.2 Å². The molecule has 0 fully saturated rings. The molecule has 36 heavy (non-hydrogen) atoms. The van der Waals surface area contributed by atoms with Gasteiger partial charge < -0.3 is 14.9 Å². The van der Waals surface area contributed by atoms with Crippen molar-refractivity contribution in [2.24, 2.45) is 5.92 Å². The Labute approximate surface area is 213 Å². The highest BCUT2D eigenvalue weighted by Gasteiger charge is 2.42. The fourth-order valence-electron chi connectivity index (χ4n) is 4.68. The molecule has 0 saturated carbocycles. The minimum atomic E-state index is -3.13. The van der Waals surface area contributed by atoms with Crippen molar-refractivity contribution in [2.75, 3.05) is 0 Å². The van der Waals surface area contributed by atoms with Gasteiger partial charge in [0.25, 0.3) is 0 Å². The largest absolute Gasteiger partial charge is 0.385 e. The first-order chi connectivity index (χ1) is 17.4. The van der Waals surface area contributed by atoms with Gasteiger partial charge in [-0.15, -0.1) is 0 Å². The van der Waals surface area contributed by atoms with Gasteiger partial charge in [0.2, 0.25) is 0 Å². The highest BCUT2D eigenvalue weighted by Crippen LogP contribution is 2.42. The van der Waals surface area contributed by atoms with E-state index in [1.54, 1.807) is 6.33 Å². The van der Waals surface area contributed by atoms with Gasteiger partial charge in [-0.3, -0.25) is 4.57 Å². The molecule has 3 aromatic carbocycles. The maximum Gasteiger partial charge on any atom is 0.314 e. The molecule has 1 heterocycles. The van der Waals surface area contributed by atoms with E-state index in [9.17, 15) is 5.11 Å². The summed E-state index contributed by atoms with van der Waals surface area (Å²) in [5.41, 5.74) is 2.45. The van der Waals surface area contributed by atoms with Crippen molar-refractivity contribution >= 4 is 8.25 Å². The normalized spacial score (nSPS) is 12.3. The van der Waals surface area contributed by atoms with Crippen LogP contribution in [-0.4, -0.2) is 29.7 Å². The summed E-state index contributed by atoms with van der Waals surface area (Å²) in [7, 11) is -3.13. The molecule has 0 aliphatic carbocycles. The summed E-state index contributed by atoms with van der Waals surface area (Å²) >= 11 is 0. The van der Waals surface area contributed by atoms with Crippen LogP contribution in [0, 0.1) is 5.92 Å². The summed E-state index contributed by atoms with van der Waals surface area (Å²) in [5.74, 6) is 1.03. The lowest BCUT2D eigenvalue weighted by Gasteiger charge is -2.37. The summed E-state index contributed by atoms with van der Waals surface area (Å²) < 4.78 is 10.7. The number of aliphatic hydroxyl groups is 1. The van der Waals surface area contributed by atoms with Crippen LogP contribution in [0.2, 0.25) is 0 Å². The third-order valence-corrected chi connectivity index (χ3v) is 6.48. The molecule has 0 amide bonds. The number of hydrogen-bond acceptors (Lipinski definition) is 4. The Kier molecular flexibility index (Phi) is 10.1. The average Bonchev–Trinajstić information content (AvgIpc) is 3.40. The van der Waals surface area contributed by atoms with E-state index in [1.165, 1.54) is 0 Å². The van der Waals surface area contributed by atoms with Gasteiger partial charge in [0.1, 0.15) is 18.0 Å². The zero-order valence-corrected chi connectivity index (χ0v) is 21.6. The number of aromatic nitrogens is 3. The summed E-state index contributed by atoms with van der Waals surface area (Å²) in [6, 6.07) is 31.1. The minimum absolute atomic E-state index is 0.440. The summed E-state index contributed by atoms with van der Waals surface area (Å²) in [4.78, 5) is 18.9. The Morgan fingerprint density at radius 2 is 1.19 bits per heavy atom. The lowest BCUT2D eigenvalue weighted by molar-refractivity contribution is 0.123. The standard InChI is InChI=1S/C28H31N3O.H3O3P/c1-3-22(4-2)20-26(32)27-29-21-30-31(27)28(23-14-8-5-9-15-23,24-16-10-6-11-17-24)25-18-12-7-13-19-25;1-4(2)3/h5-19,21-22,26,32H,3-4,20H2,1-2H3;4H,(H2,1,2,3). The highest BCUT2D eigenvalue weighted by molar-refractivity contribution is 7.30. The van der Waals surface area contributed by atoms with Gasteiger partial charge in [-0.2, -0.15) is 5.10 Å².